The molecule has 1 unspecified atom stereocenters. The maximum atomic E-state index is 12.2. The monoisotopic (exact) mass is 335 g/mol. The Morgan fingerprint density at radius 1 is 0.917 bits per heavy atom. The van der Waals surface area contributed by atoms with Crippen LogP contribution in [-0.2, 0) is 28.5 Å². The molecule has 0 aliphatic carbocycles. The van der Waals surface area contributed by atoms with Crippen LogP contribution in [-0.4, -0.2) is 52.7 Å². The number of amides is 1. The second-order valence-electron chi connectivity index (χ2n) is 4.72. The number of carbonyl (C=O) groups excluding carboxylic acids is 3. The lowest BCUT2D eigenvalue weighted by Crippen LogP contribution is -2.39. The maximum Gasteiger partial charge on any atom is 0.416 e. The van der Waals surface area contributed by atoms with Gasteiger partial charge in [-0.15, -0.1) is 0 Å². The molecule has 1 atom stereocenters. The lowest BCUT2D eigenvalue weighted by atomic mass is 10.0. The molecule has 24 heavy (non-hydrogen) atoms. The summed E-state index contributed by atoms with van der Waals surface area (Å²) in [5.41, 5.74) is 0.750. The van der Waals surface area contributed by atoms with E-state index in [1.807, 2.05) is 0 Å². The second kappa shape index (κ2) is 7.14. The summed E-state index contributed by atoms with van der Waals surface area (Å²) < 4.78 is 19.5. The van der Waals surface area contributed by atoms with Crippen LogP contribution in [0.1, 0.15) is 5.56 Å². The predicted octanol–water partition coefficient (Wildman–Crippen LogP) is 1.35. The average molecular weight is 335 g/mol. The molecule has 1 amide bonds. The lowest BCUT2D eigenvalue weighted by Gasteiger charge is -2.23. The van der Waals surface area contributed by atoms with Crippen molar-refractivity contribution in [2.75, 3.05) is 33.3 Å². The molecular weight excluding hydrogens is 318 g/mol. The van der Waals surface area contributed by atoms with Gasteiger partial charge in [0.25, 0.3) is 0 Å². The van der Waals surface area contributed by atoms with Crippen LogP contribution in [0.25, 0.3) is 5.57 Å². The molecule has 1 aromatic rings. The molecule has 0 N–H and O–H groups in total. The Balaban J connectivity index is 2.80. The van der Waals surface area contributed by atoms with Crippen molar-refractivity contribution in [1.29, 1.82) is 0 Å². The molecule has 0 radical (unpaired) electrons. The highest BCUT2D eigenvalue weighted by atomic mass is 16.6. The summed E-state index contributed by atoms with van der Waals surface area (Å²) in [6.45, 7) is 0. The Morgan fingerprint density at radius 2 is 1.50 bits per heavy atom. The van der Waals surface area contributed by atoms with Gasteiger partial charge in [0.1, 0.15) is 0 Å². The zero-order valence-electron chi connectivity index (χ0n) is 13.7. The molecule has 1 heterocycles. The van der Waals surface area contributed by atoms with Crippen molar-refractivity contribution < 1.29 is 33.3 Å². The first kappa shape index (κ1) is 17.5. The molecule has 1 aromatic carbocycles. The lowest BCUT2D eigenvalue weighted by molar-refractivity contribution is -0.144. The molecule has 8 nitrogen and oxygen atoms in total. The molecule has 0 bridgehead atoms. The van der Waals surface area contributed by atoms with E-state index in [0.717, 1.165) is 14.2 Å². The Morgan fingerprint density at radius 3 is 2.00 bits per heavy atom. The second-order valence-corrected chi connectivity index (χ2v) is 4.72. The van der Waals surface area contributed by atoms with Crippen LogP contribution in [0.15, 0.2) is 29.8 Å². The molecule has 8 heteroatoms. The third-order valence-electron chi connectivity index (χ3n) is 3.58. The van der Waals surface area contributed by atoms with E-state index in [-0.39, 0.29) is 11.1 Å². The number of esters is 2. The molecular formula is C16H17NO7. The Hall–Kier alpha value is -2.87. The topological polar surface area (TPSA) is 91.4 Å². The van der Waals surface area contributed by atoms with Crippen molar-refractivity contribution in [2.24, 2.45) is 0 Å². The van der Waals surface area contributed by atoms with E-state index in [0.29, 0.717) is 11.3 Å². The van der Waals surface area contributed by atoms with Crippen molar-refractivity contribution in [3.63, 3.8) is 0 Å². The normalized spacial score (nSPS) is 15.6. The molecule has 1 aliphatic heterocycles. The number of hydrogen-bond acceptors (Lipinski definition) is 7. The van der Waals surface area contributed by atoms with Gasteiger partial charge in [0, 0.05) is 18.2 Å². The number of carbonyl (C=O) groups is 3. The van der Waals surface area contributed by atoms with Gasteiger partial charge < -0.3 is 18.9 Å². The van der Waals surface area contributed by atoms with Crippen molar-refractivity contribution in [3.8, 4) is 0 Å². The molecule has 1 aliphatic rings. The fourth-order valence-corrected chi connectivity index (χ4v) is 2.58. The fourth-order valence-electron chi connectivity index (χ4n) is 2.58. The number of para-hydroxylation sites is 1. The number of ether oxygens (including phenoxy) is 4. The zero-order valence-corrected chi connectivity index (χ0v) is 13.7. The van der Waals surface area contributed by atoms with Crippen molar-refractivity contribution in [1.82, 2.24) is 0 Å². The highest BCUT2D eigenvalue weighted by Gasteiger charge is 2.43. The number of anilines is 1. The van der Waals surface area contributed by atoms with E-state index in [1.165, 1.54) is 19.1 Å². The Kier molecular flexibility index (Phi) is 5.20. The van der Waals surface area contributed by atoms with E-state index < -0.39 is 24.3 Å². The van der Waals surface area contributed by atoms with Gasteiger partial charge in [-0.3, -0.25) is 0 Å². The van der Waals surface area contributed by atoms with Gasteiger partial charge in [-0.25, -0.2) is 19.3 Å². The SMILES string of the molecule is COC(=O)C(C(=O)OC)=C1c2ccccc2N(C(=O)OC)C1OC. The van der Waals surface area contributed by atoms with E-state index in [1.54, 1.807) is 24.3 Å². The highest BCUT2D eigenvalue weighted by molar-refractivity contribution is 6.22. The number of nitrogens with zero attached hydrogens (tertiary/aromatic N) is 1. The molecule has 0 fully saturated rings. The minimum Gasteiger partial charge on any atom is -0.465 e. The van der Waals surface area contributed by atoms with Gasteiger partial charge in [0.15, 0.2) is 11.8 Å². The summed E-state index contributed by atoms with van der Waals surface area (Å²) in [4.78, 5) is 37.7. The summed E-state index contributed by atoms with van der Waals surface area (Å²) >= 11 is 0. The largest absolute Gasteiger partial charge is 0.465 e. The van der Waals surface area contributed by atoms with Crippen LogP contribution in [0, 0.1) is 0 Å². The molecule has 0 spiro atoms. The first-order chi connectivity index (χ1) is 11.5. The van der Waals surface area contributed by atoms with E-state index in [2.05, 4.69) is 9.47 Å². The number of methoxy groups -OCH3 is 4. The number of fused-ring (bicyclic) bond motifs is 1. The van der Waals surface area contributed by atoms with E-state index in [9.17, 15) is 14.4 Å². The van der Waals surface area contributed by atoms with Crippen LogP contribution in [0.3, 0.4) is 0 Å². The minimum atomic E-state index is -1.04. The molecule has 2 rings (SSSR count). The molecule has 0 aromatic heterocycles. The first-order valence-electron chi connectivity index (χ1n) is 6.91. The van der Waals surface area contributed by atoms with Crippen LogP contribution in [0.4, 0.5) is 10.5 Å². The minimum absolute atomic E-state index is 0.178. The van der Waals surface area contributed by atoms with Crippen molar-refractivity contribution in [3.05, 3.63) is 35.4 Å². The summed E-state index contributed by atoms with van der Waals surface area (Å²) in [7, 11) is 4.86. The van der Waals surface area contributed by atoms with Gasteiger partial charge in [-0.1, -0.05) is 18.2 Å². The van der Waals surface area contributed by atoms with Gasteiger partial charge >= 0.3 is 18.0 Å². The molecule has 0 saturated heterocycles. The van der Waals surface area contributed by atoms with Crippen molar-refractivity contribution >= 4 is 29.3 Å². The van der Waals surface area contributed by atoms with E-state index in [4.69, 9.17) is 9.47 Å². The van der Waals surface area contributed by atoms with Gasteiger partial charge in [0.2, 0.25) is 0 Å². The predicted molar refractivity (Wildman–Crippen MR) is 83.1 cm³/mol. The van der Waals surface area contributed by atoms with Crippen LogP contribution < -0.4 is 4.90 Å². The smallest absolute Gasteiger partial charge is 0.416 e. The number of benzene rings is 1. The Bertz CT molecular complexity index is 692. The standard InChI is InChI=1S/C16H17NO7/c1-21-13-11(12(14(18)22-2)15(19)23-3)9-7-5-6-8-10(9)17(13)16(20)24-4/h5-8,13H,1-4H3. The van der Waals surface area contributed by atoms with Crippen LogP contribution in [0.5, 0.6) is 0 Å². The third kappa shape index (κ3) is 2.71. The van der Waals surface area contributed by atoms with Crippen LogP contribution >= 0.6 is 0 Å². The fraction of sp³-hybridized carbons (Fsp3) is 0.312. The van der Waals surface area contributed by atoms with Crippen LogP contribution in [0.2, 0.25) is 0 Å². The summed E-state index contributed by atoms with van der Waals surface area (Å²) in [5.74, 6) is -1.78. The summed E-state index contributed by atoms with van der Waals surface area (Å²) in [5, 5.41) is 0. The number of hydrogen-bond donors (Lipinski definition) is 0. The average Bonchev–Trinajstić information content (AvgIpc) is 2.95. The maximum absolute atomic E-state index is 12.2. The first-order valence-corrected chi connectivity index (χ1v) is 6.91. The summed E-state index contributed by atoms with van der Waals surface area (Å²) in [6.07, 6.45) is -1.73. The van der Waals surface area contributed by atoms with Crippen molar-refractivity contribution in [2.45, 2.75) is 6.23 Å². The van der Waals surface area contributed by atoms with Gasteiger partial charge in [-0.2, -0.15) is 0 Å². The summed E-state index contributed by atoms with van der Waals surface area (Å²) in [6, 6.07) is 6.72. The van der Waals surface area contributed by atoms with Gasteiger partial charge in [0.05, 0.1) is 27.0 Å². The Labute approximate surface area is 138 Å². The zero-order chi connectivity index (χ0) is 17.9. The van der Waals surface area contributed by atoms with E-state index >= 15 is 0 Å². The third-order valence-corrected chi connectivity index (χ3v) is 3.58. The quantitative estimate of drug-likeness (QED) is 0.271. The molecule has 0 saturated carbocycles. The van der Waals surface area contributed by atoms with Gasteiger partial charge in [-0.05, 0) is 6.07 Å². The number of rotatable bonds is 3. The highest BCUT2D eigenvalue weighted by Crippen LogP contribution is 2.43. The molecule has 128 valence electrons.